The van der Waals surface area contributed by atoms with E-state index in [9.17, 15) is 0 Å². The average Bonchev–Trinajstić information content (AvgIpc) is 2.95. The molecule has 2 aliphatic rings. The van der Waals surface area contributed by atoms with E-state index >= 15 is 0 Å². The topological polar surface area (TPSA) is 18.5 Å². The maximum atomic E-state index is 3.87. The molecule has 0 radical (unpaired) electrons. The predicted octanol–water partition coefficient (Wildman–Crippen LogP) is 2.57. The van der Waals surface area contributed by atoms with E-state index < -0.39 is 0 Å². The summed E-state index contributed by atoms with van der Waals surface area (Å²) in [4.78, 5) is 5.34. The minimum absolute atomic E-state index is 0.742. The summed E-state index contributed by atoms with van der Waals surface area (Å²) in [6, 6.07) is 1.50. The Morgan fingerprint density at radius 2 is 1.70 bits per heavy atom. The van der Waals surface area contributed by atoms with Gasteiger partial charge in [0.15, 0.2) is 0 Å². The molecule has 0 bridgehead atoms. The summed E-state index contributed by atoms with van der Waals surface area (Å²) in [5.74, 6) is 0.765. The first-order chi connectivity index (χ1) is 9.70. The summed E-state index contributed by atoms with van der Waals surface area (Å²) in [6.45, 7) is 14.8. The number of likely N-dealkylation sites (tertiary alicyclic amines) is 2. The molecule has 0 saturated carbocycles. The number of rotatable bonds is 7. The second-order valence-corrected chi connectivity index (χ2v) is 7.08. The smallest absolute Gasteiger partial charge is 0.0243 e. The molecule has 3 heteroatoms. The zero-order valence-electron chi connectivity index (χ0n) is 13.9. The van der Waals surface area contributed by atoms with Crippen molar-refractivity contribution >= 4 is 0 Å². The van der Waals surface area contributed by atoms with Crippen LogP contribution in [0.2, 0.25) is 0 Å². The monoisotopic (exact) mass is 281 g/mol. The van der Waals surface area contributed by atoms with Crippen LogP contribution in [0.3, 0.4) is 0 Å². The standard InChI is InChI=1S/C17H35N3/c1-4-9-19-12-7-16(8-13-19)18-14-17(15(2)3)20-10-5-6-11-20/h15-18H,4-14H2,1-3H3. The van der Waals surface area contributed by atoms with E-state index in [1.807, 2.05) is 0 Å². The van der Waals surface area contributed by atoms with Gasteiger partial charge in [0.1, 0.15) is 0 Å². The first-order valence-electron chi connectivity index (χ1n) is 8.90. The fourth-order valence-electron chi connectivity index (χ4n) is 3.82. The molecule has 118 valence electrons. The third-order valence-electron chi connectivity index (χ3n) is 5.12. The van der Waals surface area contributed by atoms with E-state index in [1.54, 1.807) is 0 Å². The lowest BCUT2D eigenvalue weighted by atomic mass is 10.0. The lowest BCUT2D eigenvalue weighted by Gasteiger charge is -2.36. The molecule has 0 amide bonds. The SMILES string of the molecule is CCCN1CCC(NCC(C(C)C)N2CCCC2)CC1. The van der Waals surface area contributed by atoms with Crippen molar-refractivity contribution in [1.82, 2.24) is 15.1 Å². The van der Waals surface area contributed by atoms with E-state index in [1.165, 1.54) is 71.4 Å². The van der Waals surface area contributed by atoms with Crippen LogP contribution in [0.5, 0.6) is 0 Å². The normalized spacial score (nSPS) is 24.6. The number of nitrogens with zero attached hydrogens (tertiary/aromatic N) is 2. The number of hydrogen-bond donors (Lipinski definition) is 1. The van der Waals surface area contributed by atoms with Crippen LogP contribution in [0.25, 0.3) is 0 Å². The highest BCUT2D eigenvalue weighted by Crippen LogP contribution is 2.18. The second-order valence-electron chi connectivity index (χ2n) is 7.08. The van der Waals surface area contributed by atoms with Crippen LogP contribution >= 0.6 is 0 Å². The van der Waals surface area contributed by atoms with Crippen LogP contribution in [0.1, 0.15) is 52.9 Å². The van der Waals surface area contributed by atoms with E-state index in [4.69, 9.17) is 0 Å². The maximum Gasteiger partial charge on any atom is 0.0243 e. The molecule has 0 spiro atoms. The molecule has 2 aliphatic heterocycles. The van der Waals surface area contributed by atoms with E-state index in [0.29, 0.717) is 0 Å². The van der Waals surface area contributed by atoms with Crippen LogP contribution in [-0.2, 0) is 0 Å². The maximum absolute atomic E-state index is 3.87. The fourth-order valence-corrected chi connectivity index (χ4v) is 3.82. The predicted molar refractivity (Wildman–Crippen MR) is 87.2 cm³/mol. The van der Waals surface area contributed by atoms with Gasteiger partial charge in [0.05, 0.1) is 0 Å². The highest BCUT2D eigenvalue weighted by Gasteiger charge is 2.26. The van der Waals surface area contributed by atoms with Crippen molar-refractivity contribution in [2.24, 2.45) is 5.92 Å². The number of nitrogens with one attached hydrogen (secondary N) is 1. The summed E-state index contributed by atoms with van der Waals surface area (Å²) in [5.41, 5.74) is 0. The van der Waals surface area contributed by atoms with Gasteiger partial charge in [0.25, 0.3) is 0 Å². The van der Waals surface area contributed by atoms with Crippen LogP contribution in [-0.4, -0.2) is 61.2 Å². The lowest BCUT2D eigenvalue weighted by Crippen LogP contribution is -2.49. The molecule has 3 nitrogen and oxygen atoms in total. The van der Waals surface area contributed by atoms with Crippen molar-refractivity contribution in [2.45, 2.75) is 65.0 Å². The molecule has 0 aromatic rings. The van der Waals surface area contributed by atoms with Gasteiger partial charge in [-0.15, -0.1) is 0 Å². The molecule has 0 aromatic heterocycles. The van der Waals surface area contributed by atoms with Crippen molar-refractivity contribution in [3.05, 3.63) is 0 Å². The van der Waals surface area contributed by atoms with Crippen LogP contribution < -0.4 is 5.32 Å². The minimum Gasteiger partial charge on any atom is -0.312 e. The highest BCUT2D eigenvalue weighted by atomic mass is 15.2. The zero-order valence-corrected chi connectivity index (χ0v) is 13.9. The quantitative estimate of drug-likeness (QED) is 0.774. The Labute approximate surface area is 126 Å². The van der Waals surface area contributed by atoms with Crippen molar-refractivity contribution in [1.29, 1.82) is 0 Å². The Hall–Kier alpha value is -0.120. The van der Waals surface area contributed by atoms with Gasteiger partial charge in [0, 0.05) is 18.6 Å². The molecule has 2 saturated heterocycles. The lowest BCUT2D eigenvalue weighted by molar-refractivity contribution is 0.161. The largest absolute Gasteiger partial charge is 0.312 e. The third kappa shape index (κ3) is 4.71. The van der Waals surface area contributed by atoms with Gasteiger partial charge in [-0.1, -0.05) is 20.8 Å². The molecule has 1 atom stereocenters. The molecule has 0 aromatic carbocycles. The molecule has 20 heavy (non-hydrogen) atoms. The van der Waals surface area contributed by atoms with Gasteiger partial charge < -0.3 is 10.2 Å². The van der Waals surface area contributed by atoms with Crippen molar-refractivity contribution in [2.75, 3.05) is 39.3 Å². The molecular formula is C17H35N3. The molecule has 2 heterocycles. The van der Waals surface area contributed by atoms with Gasteiger partial charge in [-0.3, -0.25) is 4.90 Å². The molecule has 0 aliphatic carbocycles. The first kappa shape index (κ1) is 16.3. The van der Waals surface area contributed by atoms with Crippen LogP contribution in [0.15, 0.2) is 0 Å². The number of piperidine rings is 1. The molecule has 1 unspecified atom stereocenters. The zero-order chi connectivity index (χ0) is 14.4. The van der Waals surface area contributed by atoms with Gasteiger partial charge >= 0.3 is 0 Å². The van der Waals surface area contributed by atoms with Crippen LogP contribution in [0.4, 0.5) is 0 Å². The highest BCUT2D eigenvalue weighted by molar-refractivity contribution is 4.84. The molecule has 2 fully saturated rings. The van der Waals surface area contributed by atoms with Crippen molar-refractivity contribution in [3.8, 4) is 0 Å². The van der Waals surface area contributed by atoms with Crippen molar-refractivity contribution < 1.29 is 0 Å². The summed E-state index contributed by atoms with van der Waals surface area (Å²) < 4.78 is 0. The van der Waals surface area contributed by atoms with E-state index in [0.717, 1.165) is 18.0 Å². The molecule has 1 N–H and O–H groups in total. The Kier molecular flexibility index (Phi) is 6.79. The summed E-state index contributed by atoms with van der Waals surface area (Å²) in [6.07, 6.45) is 6.77. The van der Waals surface area contributed by atoms with Gasteiger partial charge in [-0.2, -0.15) is 0 Å². The van der Waals surface area contributed by atoms with E-state index in [2.05, 4.69) is 35.9 Å². The molecule has 2 rings (SSSR count). The minimum atomic E-state index is 0.742. The van der Waals surface area contributed by atoms with Crippen LogP contribution in [0, 0.1) is 5.92 Å². The summed E-state index contributed by atoms with van der Waals surface area (Å²) in [7, 11) is 0. The first-order valence-corrected chi connectivity index (χ1v) is 8.90. The Bertz CT molecular complexity index is 253. The third-order valence-corrected chi connectivity index (χ3v) is 5.12. The Morgan fingerprint density at radius 1 is 1.05 bits per heavy atom. The second kappa shape index (κ2) is 8.35. The fraction of sp³-hybridized carbons (Fsp3) is 1.00. The van der Waals surface area contributed by atoms with E-state index in [-0.39, 0.29) is 0 Å². The summed E-state index contributed by atoms with van der Waals surface area (Å²) >= 11 is 0. The summed E-state index contributed by atoms with van der Waals surface area (Å²) in [5, 5.41) is 3.87. The average molecular weight is 281 g/mol. The van der Waals surface area contributed by atoms with Crippen molar-refractivity contribution in [3.63, 3.8) is 0 Å². The molecular weight excluding hydrogens is 246 g/mol. The number of hydrogen-bond acceptors (Lipinski definition) is 3. The van der Waals surface area contributed by atoms with Gasteiger partial charge in [-0.25, -0.2) is 0 Å². The Morgan fingerprint density at radius 3 is 2.25 bits per heavy atom. The van der Waals surface area contributed by atoms with Gasteiger partial charge in [0.2, 0.25) is 0 Å². The Balaban J connectivity index is 1.70. The van der Waals surface area contributed by atoms with Gasteiger partial charge in [-0.05, 0) is 70.7 Å².